The number of benzene rings is 2. The summed E-state index contributed by atoms with van der Waals surface area (Å²) in [5, 5.41) is 6.86. The Labute approximate surface area is 181 Å². The summed E-state index contributed by atoms with van der Waals surface area (Å²) in [6.45, 7) is 1.92. The molecule has 1 aliphatic rings. The SMILES string of the molecule is CCc1ccc(-c2n[nH]c(=O)c3c2CCCC3)cc1S(=O)(=O)Nc1cccc(OC)c1. The number of methoxy groups -OCH3 is 1. The molecule has 0 saturated heterocycles. The number of hydrogen-bond acceptors (Lipinski definition) is 5. The molecule has 2 aromatic carbocycles. The van der Waals surface area contributed by atoms with Gasteiger partial charge in [0.25, 0.3) is 15.6 Å². The number of aryl methyl sites for hydroxylation is 1. The van der Waals surface area contributed by atoms with Crippen LogP contribution in [-0.2, 0) is 29.3 Å². The van der Waals surface area contributed by atoms with E-state index in [0.717, 1.165) is 36.8 Å². The molecule has 7 nitrogen and oxygen atoms in total. The number of ether oxygens (including phenoxy) is 1. The third-order valence-electron chi connectivity index (χ3n) is 5.63. The smallest absolute Gasteiger partial charge is 0.267 e. The Balaban J connectivity index is 1.79. The number of aromatic nitrogens is 2. The van der Waals surface area contributed by atoms with Crippen LogP contribution in [0.4, 0.5) is 5.69 Å². The molecular formula is C23H25N3O4S. The molecule has 0 radical (unpaired) electrons. The van der Waals surface area contributed by atoms with Crippen molar-refractivity contribution in [1.29, 1.82) is 0 Å². The maximum Gasteiger partial charge on any atom is 0.267 e. The average Bonchev–Trinajstić information content (AvgIpc) is 2.79. The summed E-state index contributed by atoms with van der Waals surface area (Å²) in [5.41, 5.74) is 3.98. The van der Waals surface area contributed by atoms with Gasteiger partial charge in [0, 0.05) is 17.2 Å². The zero-order valence-corrected chi connectivity index (χ0v) is 18.4. The van der Waals surface area contributed by atoms with E-state index in [0.29, 0.717) is 34.7 Å². The molecule has 0 fully saturated rings. The van der Waals surface area contributed by atoms with Crippen molar-refractivity contribution in [3.8, 4) is 17.0 Å². The number of fused-ring (bicyclic) bond motifs is 1. The van der Waals surface area contributed by atoms with Gasteiger partial charge in [-0.05, 0) is 61.4 Å². The van der Waals surface area contributed by atoms with Crippen molar-refractivity contribution in [2.75, 3.05) is 11.8 Å². The maximum absolute atomic E-state index is 13.3. The highest BCUT2D eigenvalue weighted by atomic mass is 32.2. The second-order valence-electron chi connectivity index (χ2n) is 7.58. The van der Waals surface area contributed by atoms with Gasteiger partial charge in [-0.2, -0.15) is 5.10 Å². The molecule has 4 rings (SSSR count). The van der Waals surface area contributed by atoms with Crippen LogP contribution in [0.1, 0.15) is 36.5 Å². The van der Waals surface area contributed by atoms with Crippen LogP contribution >= 0.6 is 0 Å². The molecule has 8 heteroatoms. The molecular weight excluding hydrogens is 414 g/mol. The van der Waals surface area contributed by atoms with Gasteiger partial charge in [-0.15, -0.1) is 0 Å². The summed E-state index contributed by atoms with van der Waals surface area (Å²) < 4.78 is 34.4. The molecule has 0 saturated carbocycles. The fourth-order valence-corrected chi connectivity index (χ4v) is 5.43. The Hall–Kier alpha value is -3.13. The van der Waals surface area contributed by atoms with E-state index < -0.39 is 10.0 Å². The van der Waals surface area contributed by atoms with E-state index in [4.69, 9.17) is 4.74 Å². The third-order valence-corrected chi connectivity index (χ3v) is 7.09. The van der Waals surface area contributed by atoms with E-state index in [2.05, 4.69) is 14.9 Å². The topological polar surface area (TPSA) is 101 Å². The predicted molar refractivity (Wildman–Crippen MR) is 120 cm³/mol. The lowest BCUT2D eigenvalue weighted by molar-refractivity contribution is 0.415. The molecule has 0 amide bonds. The van der Waals surface area contributed by atoms with E-state index in [-0.39, 0.29) is 10.5 Å². The summed E-state index contributed by atoms with van der Waals surface area (Å²) in [7, 11) is -2.31. The first-order valence-corrected chi connectivity index (χ1v) is 11.8. The van der Waals surface area contributed by atoms with Crippen molar-refractivity contribution in [2.45, 2.75) is 43.9 Å². The molecule has 0 aliphatic heterocycles. The molecule has 0 spiro atoms. The Morgan fingerprint density at radius 1 is 1.10 bits per heavy atom. The van der Waals surface area contributed by atoms with Crippen LogP contribution in [0.15, 0.2) is 52.2 Å². The van der Waals surface area contributed by atoms with Crippen LogP contribution in [-0.4, -0.2) is 25.7 Å². The number of aromatic amines is 1. The lowest BCUT2D eigenvalue weighted by atomic mass is 9.89. The zero-order valence-electron chi connectivity index (χ0n) is 17.6. The normalized spacial score (nSPS) is 13.5. The van der Waals surface area contributed by atoms with Gasteiger partial charge < -0.3 is 4.74 Å². The number of H-pyrrole nitrogens is 1. The summed E-state index contributed by atoms with van der Waals surface area (Å²) in [5.74, 6) is 0.564. The number of anilines is 1. The van der Waals surface area contributed by atoms with Gasteiger partial charge >= 0.3 is 0 Å². The van der Waals surface area contributed by atoms with Crippen molar-refractivity contribution in [3.05, 3.63) is 69.5 Å². The third kappa shape index (κ3) is 4.20. The molecule has 162 valence electrons. The van der Waals surface area contributed by atoms with Crippen LogP contribution in [0, 0.1) is 0 Å². The van der Waals surface area contributed by atoms with Gasteiger partial charge in [0.2, 0.25) is 0 Å². The van der Waals surface area contributed by atoms with E-state index in [1.807, 2.05) is 19.1 Å². The van der Waals surface area contributed by atoms with Crippen molar-refractivity contribution in [1.82, 2.24) is 10.2 Å². The number of nitrogens with one attached hydrogen (secondary N) is 2. The van der Waals surface area contributed by atoms with E-state index in [1.54, 1.807) is 30.3 Å². The van der Waals surface area contributed by atoms with Gasteiger partial charge in [0.15, 0.2) is 0 Å². The number of hydrogen-bond donors (Lipinski definition) is 2. The van der Waals surface area contributed by atoms with E-state index in [9.17, 15) is 13.2 Å². The van der Waals surface area contributed by atoms with Crippen molar-refractivity contribution >= 4 is 15.7 Å². The van der Waals surface area contributed by atoms with Gasteiger partial charge in [0.1, 0.15) is 5.75 Å². The zero-order chi connectivity index (χ0) is 22.0. The van der Waals surface area contributed by atoms with Crippen molar-refractivity contribution in [2.24, 2.45) is 0 Å². The molecule has 0 atom stereocenters. The lowest BCUT2D eigenvalue weighted by Gasteiger charge is -2.18. The Bertz CT molecular complexity index is 1280. The minimum Gasteiger partial charge on any atom is -0.497 e. The highest BCUT2D eigenvalue weighted by molar-refractivity contribution is 7.92. The first kappa shape index (κ1) is 21.1. The quantitative estimate of drug-likeness (QED) is 0.610. The number of nitrogens with zero attached hydrogens (tertiary/aromatic N) is 1. The van der Waals surface area contributed by atoms with E-state index >= 15 is 0 Å². The minimum absolute atomic E-state index is 0.156. The van der Waals surface area contributed by atoms with Gasteiger partial charge in [-0.3, -0.25) is 9.52 Å². The molecule has 1 aromatic heterocycles. The summed E-state index contributed by atoms with van der Waals surface area (Å²) in [4.78, 5) is 12.4. The maximum atomic E-state index is 13.3. The van der Waals surface area contributed by atoms with Gasteiger partial charge in [-0.25, -0.2) is 13.5 Å². The highest BCUT2D eigenvalue weighted by Gasteiger charge is 2.23. The average molecular weight is 440 g/mol. The fraction of sp³-hybridized carbons (Fsp3) is 0.304. The van der Waals surface area contributed by atoms with Crippen LogP contribution in [0.2, 0.25) is 0 Å². The van der Waals surface area contributed by atoms with Crippen LogP contribution in [0.25, 0.3) is 11.3 Å². The lowest BCUT2D eigenvalue weighted by Crippen LogP contribution is -2.21. The van der Waals surface area contributed by atoms with Gasteiger partial charge in [-0.1, -0.05) is 25.1 Å². The second-order valence-corrected chi connectivity index (χ2v) is 9.23. The van der Waals surface area contributed by atoms with Crippen LogP contribution in [0.3, 0.4) is 0 Å². The first-order chi connectivity index (χ1) is 14.9. The molecule has 0 unspecified atom stereocenters. The van der Waals surface area contributed by atoms with Gasteiger partial charge in [0.05, 0.1) is 23.4 Å². The van der Waals surface area contributed by atoms with Crippen LogP contribution in [0.5, 0.6) is 5.75 Å². The van der Waals surface area contributed by atoms with Crippen molar-refractivity contribution < 1.29 is 13.2 Å². The first-order valence-electron chi connectivity index (χ1n) is 10.3. The summed E-state index contributed by atoms with van der Waals surface area (Å²) in [6, 6.07) is 12.1. The second kappa shape index (κ2) is 8.55. The molecule has 0 bridgehead atoms. The Morgan fingerprint density at radius 2 is 1.87 bits per heavy atom. The summed E-state index contributed by atoms with van der Waals surface area (Å²) >= 11 is 0. The number of sulfonamides is 1. The standard InChI is InChI=1S/C23H25N3O4S/c1-3-15-11-12-16(22-19-9-4-5-10-20(19)23(27)25-24-22)13-21(15)31(28,29)26-17-7-6-8-18(14-17)30-2/h6-8,11-14,26H,3-5,9-10H2,1-2H3,(H,25,27). The monoisotopic (exact) mass is 439 g/mol. The van der Waals surface area contributed by atoms with E-state index in [1.165, 1.54) is 7.11 Å². The molecule has 1 heterocycles. The highest BCUT2D eigenvalue weighted by Crippen LogP contribution is 2.31. The molecule has 31 heavy (non-hydrogen) atoms. The minimum atomic E-state index is -3.85. The largest absolute Gasteiger partial charge is 0.497 e. The molecule has 3 aromatic rings. The van der Waals surface area contributed by atoms with Crippen LogP contribution < -0.4 is 15.0 Å². The molecule has 2 N–H and O–H groups in total. The van der Waals surface area contributed by atoms with Crippen molar-refractivity contribution in [3.63, 3.8) is 0 Å². The Morgan fingerprint density at radius 3 is 2.61 bits per heavy atom. The number of rotatable bonds is 6. The fourth-order valence-electron chi connectivity index (χ4n) is 4.04. The predicted octanol–water partition coefficient (Wildman–Crippen LogP) is 3.69. The summed E-state index contributed by atoms with van der Waals surface area (Å²) in [6.07, 6.45) is 4.00. The molecule has 1 aliphatic carbocycles. The Kier molecular flexibility index (Phi) is 5.82.